The lowest BCUT2D eigenvalue weighted by atomic mass is 10.2. The summed E-state index contributed by atoms with van der Waals surface area (Å²) in [4.78, 5) is 0. The van der Waals surface area contributed by atoms with Crippen LogP contribution in [0.25, 0.3) is 5.69 Å². The van der Waals surface area contributed by atoms with Gasteiger partial charge in [0.15, 0.2) is 0 Å². The summed E-state index contributed by atoms with van der Waals surface area (Å²) in [5, 5.41) is 7.65. The van der Waals surface area contributed by atoms with E-state index in [4.69, 9.17) is 0 Å². The zero-order chi connectivity index (χ0) is 13.8. The fraction of sp³-hybridized carbons (Fsp3) is 0.118. The maximum absolute atomic E-state index is 4.22. The number of aryl methyl sites for hydroxylation is 1. The summed E-state index contributed by atoms with van der Waals surface area (Å²) in [6.45, 7) is 2.92. The Morgan fingerprint density at radius 1 is 1.05 bits per heavy atom. The number of nitrogens with one attached hydrogen (secondary N) is 1. The standard InChI is InChI=1S/C17H17N3/c1-14-4-2-5-16(12-14)18-13-15-6-8-17(9-7-15)20-11-3-10-19-20/h2-12,18H,13H2,1H3. The summed E-state index contributed by atoms with van der Waals surface area (Å²) in [6, 6.07) is 18.7. The second-order valence-electron chi connectivity index (χ2n) is 4.84. The first-order chi connectivity index (χ1) is 9.81. The van der Waals surface area contributed by atoms with E-state index in [1.54, 1.807) is 6.20 Å². The van der Waals surface area contributed by atoms with Crippen LogP contribution < -0.4 is 5.32 Å². The molecule has 0 saturated heterocycles. The van der Waals surface area contributed by atoms with E-state index >= 15 is 0 Å². The molecule has 3 rings (SSSR count). The lowest BCUT2D eigenvalue weighted by molar-refractivity contribution is 0.879. The van der Waals surface area contributed by atoms with Gasteiger partial charge in [-0.3, -0.25) is 0 Å². The lowest BCUT2D eigenvalue weighted by Crippen LogP contribution is -2.00. The van der Waals surface area contributed by atoms with Crippen molar-refractivity contribution in [3.8, 4) is 5.69 Å². The molecule has 0 fully saturated rings. The first-order valence-corrected chi connectivity index (χ1v) is 6.71. The maximum Gasteiger partial charge on any atom is 0.0645 e. The van der Waals surface area contributed by atoms with Crippen LogP contribution in [0.1, 0.15) is 11.1 Å². The van der Waals surface area contributed by atoms with E-state index in [1.807, 2.05) is 16.9 Å². The highest BCUT2D eigenvalue weighted by atomic mass is 15.3. The summed E-state index contributed by atoms with van der Waals surface area (Å²) in [5.41, 5.74) is 4.75. The summed E-state index contributed by atoms with van der Waals surface area (Å²) in [7, 11) is 0. The fourth-order valence-corrected chi connectivity index (χ4v) is 2.15. The molecule has 2 aromatic carbocycles. The number of hydrogen-bond donors (Lipinski definition) is 1. The number of hydrogen-bond acceptors (Lipinski definition) is 2. The van der Waals surface area contributed by atoms with E-state index < -0.39 is 0 Å². The molecule has 0 bridgehead atoms. The van der Waals surface area contributed by atoms with Gasteiger partial charge < -0.3 is 5.32 Å². The van der Waals surface area contributed by atoms with Crippen molar-refractivity contribution in [1.29, 1.82) is 0 Å². The molecule has 0 aliphatic carbocycles. The first-order valence-electron chi connectivity index (χ1n) is 6.71. The Kier molecular flexibility index (Phi) is 3.50. The summed E-state index contributed by atoms with van der Waals surface area (Å²) in [6.07, 6.45) is 3.73. The summed E-state index contributed by atoms with van der Waals surface area (Å²) >= 11 is 0. The largest absolute Gasteiger partial charge is 0.381 e. The zero-order valence-electron chi connectivity index (χ0n) is 11.5. The predicted molar refractivity (Wildman–Crippen MR) is 82.1 cm³/mol. The monoisotopic (exact) mass is 263 g/mol. The van der Waals surface area contributed by atoms with Crippen LogP contribution in [-0.2, 0) is 6.54 Å². The van der Waals surface area contributed by atoms with E-state index in [1.165, 1.54) is 11.1 Å². The third kappa shape index (κ3) is 2.88. The van der Waals surface area contributed by atoms with Crippen LogP contribution in [-0.4, -0.2) is 9.78 Å². The average molecular weight is 263 g/mol. The van der Waals surface area contributed by atoms with E-state index in [-0.39, 0.29) is 0 Å². The average Bonchev–Trinajstić information content (AvgIpc) is 3.00. The van der Waals surface area contributed by atoms with Crippen molar-refractivity contribution in [1.82, 2.24) is 9.78 Å². The quantitative estimate of drug-likeness (QED) is 0.776. The van der Waals surface area contributed by atoms with Gasteiger partial charge in [0.1, 0.15) is 0 Å². The molecule has 1 heterocycles. The Labute approximate surface area is 118 Å². The van der Waals surface area contributed by atoms with Crippen LogP contribution in [0.2, 0.25) is 0 Å². The highest BCUT2D eigenvalue weighted by Gasteiger charge is 1.98. The Morgan fingerprint density at radius 3 is 2.60 bits per heavy atom. The van der Waals surface area contributed by atoms with Gasteiger partial charge in [0.2, 0.25) is 0 Å². The molecule has 0 atom stereocenters. The molecular weight excluding hydrogens is 246 g/mol. The molecule has 0 aliphatic heterocycles. The Morgan fingerprint density at radius 2 is 1.90 bits per heavy atom. The Bertz CT molecular complexity index is 670. The summed E-state index contributed by atoms with van der Waals surface area (Å²) < 4.78 is 1.86. The molecule has 0 aliphatic rings. The first kappa shape index (κ1) is 12.5. The van der Waals surface area contributed by atoms with E-state index in [0.717, 1.165) is 17.9 Å². The van der Waals surface area contributed by atoms with E-state index in [0.29, 0.717) is 0 Å². The molecule has 0 unspecified atom stereocenters. The minimum atomic E-state index is 0.822. The van der Waals surface area contributed by atoms with Gasteiger partial charge in [0.25, 0.3) is 0 Å². The van der Waals surface area contributed by atoms with Crippen molar-refractivity contribution in [2.24, 2.45) is 0 Å². The molecular formula is C17H17N3. The van der Waals surface area contributed by atoms with Crippen molar-refractivity contribution < 1.29 is 0 Å². The third-order valence-electron chi connectivity index (χ3n) is 3.22. The molecule has 20 heavy (non-hydrogen) atoms. The molecule has 3 nitrogen and oxygen atoms in total. The molecule has 0 saturated carbocycles. The van der Waals surface area contributed by atoms with Crippen LogP contribution in [0.3, 0.4) is 0 Å². The molecule has 0 amide bonds. The number of anilines is 1. The third-order valence-corrected chi connectivity index (χ3v) is 3.22. The molecule has 0 spiro atoms. The van der Waals surface area contributed by atoms with Crippen molar-refractivity contribution >= 4 is 5.69 Å². The molecule has 3 heteroatoms. The molecule has 0 radical (unpaired) electrons. The van der Waals surface area contributed by atoms with Gasteiger partial charge in [0, 0.05) is 24.6 Å². The number of aromatic nitrogens is 2. The number of benzene rings is 2. The van der Waals surface area contributed by atoms with Gasteiger partial charge in [-0.25, -0.2) is 4.68 Å². The molecule has 3 aromatic rings. The van der Waals surface area contributed by atoms with Gasteiger partial charge >= 0.3 is 0 Å². The molecule has 1 aromatic heterocycles. The Balaban J connectivity index is 1.67. The van der Waals surface area contributed by atoms with Gasteiger partial charge in [0.05, 0.1) is 5.69 Å². The van der Waals surface area contributed by atoms with E-state index in [2.05, 4.69) is 65.9 Å². The van der Waals surface area contributed by atoms with Crippen LogP contribution in [0.15, 0.2) is 67.0 Å². The number of nitrogens with zero attached hydrogens (tertiary/aromatic N) is 2. The van der Waals surface area contributed by atoms with Gasteiger partial charge in [-0.2, -0.15) is 5.10 Å². The Hall–Kier alpha value is -2.55. The minimum absolute atomic E-state index is 0.822. The minimum Gasteiger partial charge on any atom is -0.381 e. The van der Waals surface area contributed by atoms with E-state index in [9.17, 15) is 0 Å². The predicted octanol–water partition coefficient (Wildman–Crippen LogP) is 3.79. The second kappa shape index (κ2) is 5.61. The summed E-state index contributed by atoms with van der Waals surface area (Å²) in [5.74, 6) is 0. The van der Waals surface area contributed by atoms with Crippen LogP contribution in [0, 0.1) is 6.92 Å². The normalized spacial score (nSPS) is 10.4. The van der Waals surface area contributed by atoms with Crippen molar-refractivity contribution in [2.75, 3.05) is 5.32 Å². The van der Waals surface area contributed by atoms with Crippen molar-refractivity contribution in [3.05, 3.63) is 78.1 Å². The second-order valence-corrected chi connectivity index (χ2v) is 4.84. The van der Waals surface area contributed by atoms with Gasteiger partial charge in [-0.1, -0.05) is 24.3 Å². The molecule has 100 valence electrons. The van der Waals surface area contributed by atoms with Gasteiger partial charge in [-0.15, -0.1) is 0 Å². The fourth-order valence-electron chi connectivity index (χ4n) is 2.15. The zero-order valence-corrected chi connectivity index (χ0v) is 11.5. The smallest absolute Gasteiger partial charge is 0.0645 e. The SMILES string of the molecule is Cc1cccc(NCc2ccc(-n3cccn3)cc2)c1. The van der Waals surface area contributed by atoms with Crippen LogP contribution >= 0.6 is 0 Å². The maximum atomic E-state index is 4.22. The number of rotatable bonds is 4. The van der Waals surface area contributed by atoms with Crippen LogP contribution in [0.5, 0.6) is 0 Å². The topological polar surface area (TPSA) is 29.9 Å². The molecule has 1 N–H and O–H groups in total. The van der Waals surface area contributed by atoms with Gasteiger partial charge in [-0.05, 0) is 48.4 Å². The highest BCUT2D eigenvalue weighted by Crippen LogP contribution is 2.13. The van der Waals surface area contributed by atoms with Crippen LogP contribution in [0.4, 0.5) is 5.69 Å². The highest BCUT2D eigenvalue weighted by molar-refractivity contribution is 5.46. The van der Waals surface area contributed by atoms with Crippen molar-refractivity contribution in [3.63, 3.8) is 0 Å². The lowest BCUT2D eigenvalue weighted by Gasteiger charge is -2.08. The van der Waals surface area contributed by atoms with Crippen molar-refractivity contribution in [2.45, 2.75) is 13.5 Å².